The average molecular weight is 229 g/mol. The van der Waals surface area contributed by atoms with E-state index in [4.69, 9.17) is 4.74 Å². The minimum atomic E-state index is 0.00924. The Hall–Kier alpha value is -0.0800. The fourth-order valence-electron chi connectivity index (χ4n) is 1.24. The minimum absolute atomic E-state index is 0.00924. The van der Waals surface area contributed by atoms with Crippen molar-refractivity contribution in [3.63, 3.8) is 0 Å². The maximum Gasteiger partial charge on any atom is 0.0624 e. The smallest absolute Gasteiger partial charge is 0.0624 e. The molecular formula is C14H31NO. The van der Waals surface area contributed by atoms with E-state index in [2.05, 4.69) is 53.8 Å². The summed E-state index contributed by atoms with van der Waals surface area (Å²) in [7, 11) is 0. The molecule has 0 saturated carbocycles. The summed E-state index contributed by atoms with van der Waals surface area (Å²) in [5.41, 5.74) is 0.219. The molecule has 0 fully saturated rings. The summed E-state index contributed by atoms with van der Waals surface area (Å²) in [6, 6.07) is 0. The number of nitrogens with one attached hydrogen (secondary N) is 1. The maximum absolute atomic E-state index is 5.96. The summed E-state index contributed by atoms with van der Waals surface area (Å²) in [4.78, 5) is 0. The van der Waals surface area contributed by atoms with Gasteiger partial charge in [-0.25, -0.2) is 0 Å². The van der Waals surface area contributed by atoms with Gasteiger partial charge in [-0.3, -0.25) is 0 Å². The van der Waals surface area contributed by atoms with Crippen LogP contribution in [0.1, 0.15) is 54.9 Å². The summed E-state index contributed by atoms with van der Waals surface area (Å²) < 4.78 is 5.96. The van der Waals surface area contributed by atoms with E-state index < -0.39 is 0 Å². The topological polar surface area (TPSA) is 21.3 Å². The van der Waals surface area contributed by atoms with Crippen LogP contribution in [0, 0.1) is 11.3 Å². The van der Waals surface area contributed by atoms with Crippen molar-refractivity contribution in [1.82, 2.24) is 5.32 Å². The molecule has 0 spiro atoms. The molecule has 0 amide bonds. The fourth-order valence-corrected chi connectivity index (χ4v) is 1.24. The Bertz CT molecular complexity index is 185. The van der Waals surface area contributed by atoms with Crippen LogP contribution in [0.2, 0.25) is 0 Å². The van der Waals surface area contributed by atoms with Gasteiger partial charge in [0.2, 0.25) is 0 Å². The van der Waals surface area contributed by atoms with Crippen LogP contribution in [0.5, 0.6) is 0 Å². The summed E-state index contributed by atoms with van der Waals surface area (Å²) in [5.74, 6) is 0.712. The highest BCUT2D eigenvalue weighted by Gasteiger charge is 2.23. The van der Waals surface area contributed by atoms with Crippen molar-refractivity contribution in [3.05, 3.63) is 0 Å². The van der Waals surface area contributed by atoms with Gasteiger partial charge in [0.25, 0.3) is 0 Å². The van der Waals surface area contributed by atoms with E-state index in [-0.39, 0.29) is 11.0 Å². The Balaban J connectivity index is 3.86. The molecule has 0 saturated heterocycles. The van der Waals surface area contributed by atoms with Crippen molar-refractivity contribution < 1.29 is 4.74 Å². The zero-order chi connectivity index (χ0) is 12.8. The third-order valence-corrected chi connectivity index (χ3v) is 2.86. The summed E-state index contributed by atoms with van der Waals surface area (Å²) in [5, 5.41) is 3.50. The van der Waals surface area contributed by atoms with Crippen LogP contribution in [0.3, 0.4) is 0 Å². The number of hydrogen-bond donors (Lipinski definition) is 1. The fraction of sp³-hybridized carbons (Fsp3) is 1.00. The highest BCUT2D eigenvalue weighted by molar-refractivity contribution is 4.74. The van der Waals surface area contributed by atoms with E-state index >= 15 is 0 Å². The second-order valence-corrected chi connectivity index (χ2v) is 6.59. The number of rotatable bonds is 8. The van der Waals surface area contributed by atoms with Gasteiger partial charge >= 0.3 is 0 Å². The van der Waals surface area contributed by atoms with Crippen molar-refractivity contribution in [2.45, 2.75) is 60.5 Å². The first-order valence-electron chi connectivity index (χ1n) is 6.53. The highest BCUT2D eigenvalue weighted by atomic mass is 16.5. The predicted molar refractivity (Wildman–Crippen MR) is 71.8 cm³/mol. The van der Waals surface area contributed by atoms with Gasteiger partial charge in [-0.1, -0.05) is 34.6 Å². The molecule has 0 aliphatic carbocycles. The van der Waals surface area contributed by atoms with Crippen molar-refractivity contribution >= 4 is 0 Å². The Labute approximate surface area is 102 Å². The molecule has 0 aliphatic rings. The molecule has 1 N–H and O–H groups in total. The minimum Gasteiger partial charge on any atom is -0.375 e. The Morgan fingerprint density at radius 3 is 2.12 bits per heavy atom. The molecule has 2 nitrogen and oxygen atoms in total. The lowest BCUT2D eigenvalue weighted by Gasteiger charge is -2.31. The SMILES string of the molecule is CCC(C)(C)OCC(C)(C)CNCC(C)C. The Morgan fingerprint density at radius 2 is 1.69 bits per heavy atom. The van der Waals surface area contributed by atoms with E-state index in [1.807, 2.05) is 0 Å². The number of ether oxygens (including phenoxy) is 1. The average Bonchev–Trinajstić information content (AvgIpc) is 2.14. The van der Waals surface area contributed by atoms with E-state index in [1.54, 1.807) is 0 Å². The summed E-state index contributed by atoms with van der Waals surface area (Å²) >= 11 is 0. The normalized spacial score (nSPS) is 13.5. The summed E-state index contributed by atoms with van der Waals surface area (Å²) in [6.45, 7) is 18.4. The zero-order valence-electron chi connectivity index (χ0n) is 12.3. The third-order valence-electron chi connectivity index (χ3n) is 2.86. The molecule has 98 valence electrons. The maximum atomic E-state index is 5.96. The lowest BCUT2D eigenvalue weighted by molar-refractivity contribution is -0.0560. The lowest BCUT2D eigenvalue weighted by atomic mass is 9.94. The quantitative estimate of drug-likeness (QED) is 0.688. The van der Waals surface area contributed by atoms with Gasteiger partial charge in [-0.15, -0.1) is 0 Å². The molecule has 2 heteroatoms. The standard InChI is InChI=1S/C14H31NO/c1-8-14(6,7)16-11-13(4,5)10-15-9-12(2)3/h12,15H,8-11H2,1-7H3. The molecule has 0 radical (unpaired) electrons. The van der Waals surface area contributed by atoms with E-state index in [9.17, 15) is 0 Å². The van der Waals surface area contributed by atoms with Crippen LogP contribution < -0.4 is 5.32 Å². The predicted octanol–water partition coefficient (Wildman–Crippen LogP) is 3.46. The second-order valence-electron chi connectivity index (χ2n) is 6.59. The van der Waals surface area contributed by atoms with Gasteiger partial charge in [-0.2, -0.15) is 0 Å². The van der Waals surface area contributed by atoms with Crippen LogP contribution in [0.4, 0.5) is 0 Å². The molecule has 0 aliphatic heterocycles. The van der Waals surface area contributed by atoms with Crippen molar-refractivity contribution in [2.24, 2.45) is 11.3 Å². The largest absolute Gasteiger partial charge is 0.375 e. The molecule has 0 atom stereocenters. The van der Waals surface area contributed by atoms with Gasteiger partial charge in [0.15, 0.2) is 0 Å². The van der Waals surface area contributed by atoms with Gasteiger partial charge in [-0.05, 0) is 32.7 Å². The van der Waals surface area contributed by atoms with Gasteiger partial charge in [0, 0.05) is 12.0 Å². The molecule has 0 aromatic carbocycles. The van der Waals surface area contributed by atoms with Crippen molar-refractivity contribution in [1.29, 1.82) is 0 Å². The van der Waals surface area contributed by atoms with Crippen LogP contribution >= 0.6 is 0 Å². The first-order chi connectivity index (χ1) is 7.18. The first kappa shape index (κ1) is 15.9. The molecule has 0 aromatic rings. The zero-order valence-corrected chi connectivity index (χ0v) is 12.3. The monoisotopic (exact) mass is 229 g/mol. The highest BCUT2D eigenvalue weighted by Crippen LogP contribution is 2.21. The molecule has 0 unspecified atom stereocenters. The van der Waals surface area contributed by atoms with E-state index in [0.29, 0.717) is 5.92 Å². The summed E-state index contributed by atoms with van der Waals surface area (Å²) in [6.07, 6.45) is 1.06. The number of hydrogen-bond acceptors (Lipinski definition) is 2. The first-order valence-corrected chi connectivity index (χ1v) is 6.53. The molecule has 0 aromatic heterocycles. The second kappa shape index (κ2) is 6.61. The molecule has 16 heavy (non-hydrogen) atoms. The lowest BCUT2D eigenvalue weighted by Crippen LogP contribution is -2.38. The van der Waals surface area contributed by atoms with Gasteiger partial charge in [0.05, 0.1) is 12.2 Å². The molecule has 0 heterocycles. The van der Waals surface area contributed by atoms with Gasteiger partial charge < -0.3 is 10.1 Å². The van der Waals surface area contributed by atoms with E-state index in [0.717, 1.165) is 26.1 Å². The van der Waals surface area contributed by atoms with Crippen molar-refractivity contribution in [3.8, 4) is 0 Å². The Kier molecular flexibility index (Phi) is 6.57. The molecule has 0 rings (SSSR count). The van der Waals surface area contributed by atoms with Gasteiger partial charge in [0.1, 0.15) is 0 Å². The molecule has 0 bridgehead atoms. The van der Waals surface area contributed by atoms with Crippen molar-refractivity contribution in [2.75, 3.05) is 19.7 Å². The van der Waals surface area contributed by atoms with E-state index in [1.165, 1.54) is 0 Å². The van der Waals surface area contributed by atoms with Crippen LogP contribution in [-0.2, 0) is 4.74 Å². The third kappa shape index (κ3) is 8.12. The van der Waals surface area contributed by atoms with Crippen LogP contribution in [-0.4, -0.2) is 25.3 Å². The molecular weight excluding hydrogens is 198 g/mol. The van der Waals surface area contributed by atoms with Crippen LogP contribution in [0.25, 0.3) is 0 Å². The Morgan fingerprint density at radius 1 is 1.12 bits per heavy atom. The van der Waals surface area contributed by atoms with Crippen LogP contribution in [0.15, 0.2) is 0 Å².